The molecular formula is C28H30N4O2. The predicted molar refractivity (Wildman–Crippen MR) is 136 cm³/mol. The summed E-state index contributed by atoms with van der Waals surface area (Å²) in [7, 11) is 1.84. The Morgan fingerprint density at radius 3 is 2.56 bits per heavy atom. The van der Waals surface area contributed by atoms with Gasteiger partial charge in [-0.05, 0) is 54.8 Å². The standard InChI is InChI=1S/C28H30N4O2/c1-20-26(28(34)32(30(20)2)24-14-4-3-5-15-24)29-27(33)23-13-9-17-31(19-23)18-22-12-8-11-21-10-6-7-16-25(21)22/h3-8,10-12,14-16,23H,9,13,17-19H2,1-2H3,(H,29,33). The lowest BCUT2D eigenvalue weighted by atomic mass is 9.96. The van der Waals surface area contributed by atoms with Crippen LogP contribution in [-0.4, -0.2) is 33.3 Å². The van der Waals surface area contributed by atoms with Crippen LogP contribution in [0.4, 0.5) is 5.69 Å². The largest absolute Gasteiger partial charge is 0.320 e. The van der Waals surface area contributed by atoms with Crippen molar-refractivity contribution in [2.24, 2.45) is 13.0 Å². The Bertz CT molecular complexity index is 1380. The van der Waals surface area contributed by atoms with Gasteiger partial charge in [0.25, 0.3) is 5.56 Å². The number of piperidine rings is 1. The van der Waals surface area contributed by atoms with E-state index in [1.165, 1.54) is 16.3 Å². The quantitative estimate of drug-likeness (QED) is 0.483. The van der Waals surface area contributed by atoms with E-state index in [1.807, 2.05) is 44.3 Å². The number of carbonyl (C=O) groups excluding carboxylic acids is 1. The molecule has 0 radical (unpaired) electrons. The summed E-state index contributed by atoms with van der Waals surface area (Å²) in [5.74, 6) is -0.221. The van der Waals surface area contributed by atoms with Crippen molar-refractivity contribution in [3.8, 4) is 5.69 Å². The summed E-state index contributed by atoms with van der Waals surface area (Å²) in [4.78, 5) is 28.8. The molecule has 1 aromatic heterocycles. The first-order valence-corrected chi connectivity index (χ1v) is 11.9. The Morgan fingerprint density at radius 1 is 1.00 bits per heavy atom. The molecule has 0 spiro atoms. The Balaban J connectivity index is 1.32. The minimum Gasteiger partial charge on any atom is -0.320 e. The van der Waals surface area contributed by atoms with Gasteiger partial charge >= 0.3 is 0 Å². The highest BCUT2D eigenvalue weighted by atomic mass is 16.2. The highest BCUT2D eigenvalue weighted by Gasteiger charge is 2.28. The lowest BCUT2D eigenvalue weighted by Gasteiger charge is -2.32. The Hall–Kier alpha value is -3.64. The molecule has 1 aliphatic rings. The maximum Gasteiger partial charge on any atom is 0.295 e. The third-order valence-electron chi connectivity index (χ3n) is 6.95. The van der Waals surface area contributed by atoms with Gasteiger partial charge in [-0.1, -0.05) is 60.7 Å². The maximum atomic E-state index is 13.2. The molecule has 1 unspecified atom stereocenters. The van der Waals surface area contributed by atoms with Gasteiger partial charge in [0.15, 0.2) is 0 Å². The summed E-state index contributed by atoms with van der Waals surface area (Å²) in [6.45, 7) is 4.34. The molecule has 1 fully saturated rings. The number of fused-ring (bicyclic) bond motifs is 1. The number of likely N-dealkylation sites (tertiary alicyclic amines) is 1. The molecule has 4 aromatic rings. The van der Waals surface area contributed by atoms with Crippen LogP contribution in [0, 0.1) is 12.8 Å². The van der Waals surface area contributed by atoms with E-state index in [0.717, 1.165) is 37.3 Å². The van der Waals surface area contributed by atoms with Crippen molar-refractivity contribution >= 4 is 22.4 Å². The fourth-order valence-electron chi connectivity index (χ4n) is 5.02. The number of benzene rings is 3. The first-order chi connectivity index (χ1) is 16.5. The smallest absolute Gasteiger partial charge is 0.295 e. The van der Waals surface area contributed by atoms with Crippen LogP contribution in [0.3, 0.4) is 0 Å². The Morgan fingerprint density at radius 2 is 1.74 bits per heavy atom. The van der Waals surface area contributed by atoms with Gasteiger partial charge in [-0.2, -0.15) is 0 Å². The molecule has 1 N–H and O–H groups in total. The Kier molecular flexibility index (Phi) is 6.07. The molecular weight excluding hydrogens is 424 g/mol. The first kappa shape index (κ1) is 22.2. The van der Waals surface area contributed by atoms with Gasteiger partial charge in [-0.25, -0.2) is 4.68 Å². The molecule has 1 aliphatic heterocycles. The van der Waals surface area contributed by atoms with Gasteiger partial charge < -0.3 is 5.32 Å². The number of hydrogen-bond acceptors (Lipinski definition) is 3. The number of amides is 1. The van der Waals surface area contributed by atoms with Gasteiger partial charge in [0.2, 0.25) is 5.91 Å². The van der Waals surface area contributed by atoms with Gasteiger partial charge in [0, 0.05) is 20.1 Å². The summed E-state index contributed by atoms with van der Waals surface area (Å²) in [5.41, 5.74) is 2.96. The average Bonchev–Trinajstić information content (AvgIpc) is 3.08. The second-order valence-corrected chi connectivity index (χ2v) is 9.14. The summed E-state index contributed by atoms with van der Waals surface area (Å²) < 4.78 is 3.39. The van der Waals surface area contributed by atoms with Gasteiger partial charge in [-0.3, -0.25) is 19.2 Å². The zero-order valence-electron chi connectivity index (χ0n) is 19.7. The number of anilines is 1. The van der Waals surface area contributed by atoms with E-state index in [1.54, 1.807) is 9.36 Å². The van der Waals surface area contributed by atoms with Crippen LogP contribution < -0.4 is 10.9 Å². The van der Waals surface area contributed by atoms with Gasteiger partial charge in [0.05, 0.1) is 17.3 Å². The van der Waals surface area contributed by atoms with E-state index < -0.39 is 0 Å². The van der Waals surface area contributed by atoms with Crippen LogP contribution in [0.15, 0.2) is 77.6 Å². The van der Waals surface area contributed by atoms with Crippen molar-refractivity contribution in [1.29, 1.82) is 0 Å². The summed E-state index contributed by atoms with van der Waals surface area (Å²) in [6.07, 6.45) is 1.79. The van der Waals surface area contributed by atoms with Crippen LogP contribution in [-0.2, 0) is 18.4 Å². The molecule has 6 heteroatoms. The highest BCUT2D eigenvalue weighted by Crippen LogP contribution is 2.24. The number of nitrogens with one attached hydrogen (secondary N) is 1. The summed E-state index contributed by atoms with van der Waals surface area (Å²) in [6, 6.07) is 24.3. The number of rotatable bonds is 5. The number of para-hydroxylation sites is 1. The molecule has 0 saturated carbocycles. The van der Waals surface area contributed by atoms with Crippen molar-refractivity contribution in [3.63, 3.8) is 0 Å². The summed E-state index contributed by atoms with van der Waals surface area (Å²) in [5, 5.41) is 5.47. The molecule has 6 nitrogen and oxygen atoms in total. The minimum absolute atomic E-state index is 0.0753. The Labute approximate surface area is 199 Å². The van der Waals surface area contributed by atoms with Crippen molar-refractivity contribution < 1.29 is 4.79 Å². The molecule has 174 valence electrons. The van der Waals surface area contributed by atoms with Crippen LogP contribution in [0.5, 0.6) is 0 Å². The van der Waals surface area contributed by atoms with E-state index in [-0.39, 0.29) is 17.4 Å². The van der Waals surface area contributed by atoms with Crippen LogP contribution >= 0.6 is 0 Å². The zero-order chi connectivity index (χ0) is 23.7. The zero-order valence-corrected chi connectivity index (χ0v) is 19.7. The van der Waals surface area contributed by atoms with Crippen molar-refractivity contribution in [2.75, 3.05) is 18.4 Å². The third kappa shape index (κ3) is 4.17. The topological polar surface area (TPSA) is 59.3 Å². The molecule has 1 saturated heterocycles. The maximum absolute atomic E-state index is 13.2. The second kappa shape index (κ2) is 9.31. The van der Waals surface area contributed by atoms with E-state index in [0.29, 0.717) is 12.2 Å². The SMILES string of the molecule is Cc1c(NC(=O)C2CCCN(Cc3cccc4ccccc34)C2)c(=O)n(-c2ccccc2)n1C. The predicted octanol–water partition coefficient (Wildman–Crippen LogP) is 4.49. The molecule has 3 aromatic carbocycles. The lowest BCUT2D eigenvalue weighted by Crippen LogP contribution is -2.40. The van der Waals surface area contributed by atoms with Gasteiger partial charge in [0.1, 0.15) is 5.69 Å². The fourth-order valence-corrected chi connectivity index (χ4v) is 5.02. The number of aromatic nitrogens is 2. The van der Waals surface area contributed by atoms with E-state index in [9.17, 15) is 9.59 Å². The first-order valence-electron chi connectivity index (χ1n) is 11.9. The molecule has 0 bridgehead atoms. The van der Waals surface area contributed by atoms with Gasteiger partial charge in [-0.15, -0.1) is 0 Å². The van der Waals surface area contributed by atoms with Crippen molar-refractivity contribution in [1.82, 2.24) is 14.3 Å². The second-order valence-electron chi connectivity index (χ2n) is 9.14. The lowest BCUT2D eigenvalue weighted by molar-refractivity contribution is -0.121. The minimum atomic E-state index is -0.206. The number of nitrogens with zero attached hydrogens (tertiary/aromatic N) is 3. The monoisotopic (exact) mass is 454 g/mol. The summed E-state index contributed by atoms with van der Waals surface area (Å²) >= 11 is 0. The molecule has 1 amide bonds. The molecule has 5 rings (SSSR count). The third-order valence-corrected chi connectivity index (χ3v) is 6.95. The highest BCUT2D eigenvalue weighted by molar-refractivity contribution is 5.93. The van der Waals surface area contributed by atoms with Crippen molar-refractivity contribution in [2.45, 2.75) is 26.3 Å². The number of hydrogen-bond donors (Lipinski definition) is 1. The fraction of sp³-hybridized carbons (Fsp3) is 0.286. The van der Waals surface area contributed by atoms with E-state index in [4.69, 9.17) is 0 Å². The molecule has 34 heavy (non-hydrogen) atoms. The normalized spacial score (nSPS) is 16.6. The van der Waals surface area contributed by atoms with E-state index >= 15 is 0 Å². The van der Waals surface area contributed by atoms with E-state index in [2.05, 4.69) is 52.7 Å². The average molecular weight is 455 g/mol. The van der Waals surface area contributed by atoms with Crippen LogP contribution in [0.2, 0.25) is 0 Å². The van der Waals surface area contributed by atoms with Crippen LogP contribution in [0.25, 0.3) is 16.5 Å². The number of carbonyl (C=O) groups is 1. The van der Waals surface area contributed by atoms with Crippen molar-refractivity contribution in [3.05, 3.63) is 94.4 Å². The molecule has 0 aliphatic carbocycles. The van der Waals surface area contributed by atoms with Crippen LogP contribution in [0.1, 0.15) is 24.1 Å². The molecule has 1 atom stereocenters. The molecule has 2 heterocycles.